The Morgan fingerprint density at radius 1 is 1.00 bits per heavy atom. The van der Waals surface area contributed by atoms with E-state index < -0.39 is 11.9 Å². The number of hydrazone groups is 1. The van der Waals surface area contributed by atoms with Crippen molar-refractivity contribution in [2.24, 2.45) is 5.10 Å². The number of H-pyrrole nitrogens is 1. The fourth-order valence-corrected chi connectivity index (χ4v) is 6.50. The van der Waals surface area contributed by atoms with Crippen molar-refractivity contribution in [1.29, 1.82) is 0 Å². The van der Waals surface area contributed by atoms with Gasteiger partial charge in [-0.3, -0.25) is 4.79 Å². The first-order valence-electron chi connectivity index (χ1n) is 12.8. The third-order valence-electron chi connectivity index (χ3n) is 6.60. The highest BCUT2D eigenvalue weighted by molar-refractivity contribution is 9.11. The first-order chi connectivity index (χ1) is 20.6. The summed E-state index contributed by atoms with van der Waals surface area (Å²) in [5.74, 6) is -0.672. The number of aryl methyl sites for hydroxylation is 2. The van der Waals surface area contributed by atoms with Gasteiger partial charge in [0.25, 0.3) is 5.91 Å². The Hall–Kier alpha value is -3.63. The van der Waals surface area contributed by atoms with E-state index in [-0.39, 0.29) is 11.3 Å². The smallest absolute Gasteiger partial charge is 0.347 e. The van der Waals surface area contributed by atoms with Gasteiger partial charge < -0.3 is 14.5 Å². The van der Waals surface area contributed by atoms with Crippen LogP contribution in [0.25, 0.3) is 22.0 Å². The minimum Gasteiger partial charge on any atom is -0.496 e. The average molecular weight is 744 g/mol. The first-order valence-corrected chi connectivity index (χ1v) is 15.2. The summed E-state index contributed by atoms with van der Waals surface area (Å²) in [6.45, 7) is 3.98. The van der Waals surface area contributed by atoms with Crippen LogP contribution in [0.4, 0.5) is 0 Å². The largest absolute Gasteiger partial charge is 0.496 e. The van der Waals surface area contributed by atoms with Gasteiger partial charge in [-0.2, -0.15) is 5.10 Å². The van der Waals surface area contributed by atoms with Crippen LogP contribution in [0, 0.1) is 13.8 Å². The van der Waals surface area contributed by atoms with E-state index in [1.165, 1.54) is 19.4 Å². The number of carbonyl (C=O) groups is 2. The zero-order valence-corrected chi connectivity index (χ0v) is 27.7. The number of hydrogen-bond acceptors (Lipinski definition) is 5. The second-order valence-corrected chi connectivity index (χ2v) is 12.2. The number of esters is 1. The summed E-state index contributed by atoms with van der Waals surface area (Å²) >= 11 is 19.6. The van der Waals surface area contributed by atoms with E-state index in [1.807, 2.05) is 44.2 Å². The number of aromatic nitrogens is 1. The van der Waals surface area contributed by atoms with Gasteiger partial charge in [0, 0.05) is 42.1 Å². The van der Waals surface area contributed by atoms with Crippen molar-refractivity contribution >= 4 is 84.1 Å². The molecule has 0 aliphatic carbocycles. The van der Waals surface area contributed by atoms with Gasteiger partial charge >= 0.3 is 5.97 Å². The van der Waals surface area contributed by atoms with Crippen LogP contribution >= 0.6 is 55.1 Å². The lowest BCUT2D eigenvalue weighted by Gasteiger charge is -2.12. The molecule has 0 atom stereocenters. The zero-order valence-electron chi connectivity index (χ0n) is 23.0. The molecule has 5 aromatic rings. The lowest BCUT2D eigenvalue weighted by atomic mass is 9.99. The molecule has 43 heavy (non-hydrogen) atoms. The number of methoxy groups -OCH3 is 1. The van der Waals surface area contributed by atoms with Gasteiger partial charge in [0.2, 0.25) is 0 Å². The SMILES string of the molecule is COc1ccc(Cl)cc1C(=O)Oc1c(Br)cc(Br)cc1C=NNC(=O)c1[nH]c2c(C)cc(C)cc2c1-c1ccccc1Cl. The van der Waals surface area contributed by atoms with Crippen molar-refractivity contribution in [3.8, 4) is 22.6 Å². The Bertz CT molecular complexity index is 1940. The number of benzene rings is 4. The lowest BCUT2D eigenvalue weighted by molar-refractivity contribution is 0.0729. The predicted molar refractivity (Wildman–Crippen MR) is 178 cm³/mol. The van der Waals surface area contributed by atoms with Crippen LogP contribution in [0.2, 0.25) is 10.0 Å². The van der Waals surface area contributed by atoms with Crippen LogP contribution in [-0.2, 0) is 0 Å². The van der Waals surface area contributed by atoms with Crippen LogP contribution in [0.3, 0.4) is 0 Å². The Labute approximate surface area is 274 Å². The highest BCUT2D eigenvalue weighted by Crippen LogP contribution is 2.38. The summed E-state index contributed by atoms with van der Waals surface area (Å²) in [4.78, 5) is 29.9. The van der Waals surface area contributed by atoms with Crippen LogP contribution in [0.5, 0.6) is 11.5 Å². The molecule has 0 aliphatic heterocycles. The number of halogens is 4. The number of aromatic amines is 1. The van der Waals surface area contributed by atoms with E-state index in [4.69, 9.17) is 32.7 Å². The maximum absolute atomic E-state index is 13.6. The molecule has 0 saturated carbocycles. The van der Waals surface area contributed by atoms with Crippen LogP contribution in [0.1, 0.15) is 37.5 Å². The fourth-order valence-electron chi connectivity index (χ4n) is 4.75. The van der Waals surface area contributed by atoms with Gasteiger partial charge in [0.1, 0.15) is 17.0 Å². The molecule has 1 heterocycles. The summed E-state index contributed by atoms with van der Waals surface area (Å²) in [5, 5.41) is 5.94. The van der Waals surface area contributed by atoms with Crippen LogP contribution < -0.4 is 14.9 Å². The molecule has 0 bridgehead atoms. The van der Waals surface area contributed by atoms with E-state index in [1.54, 1.807) is 30.3 Å². The van der Waals surface area contributed by atoms with Crippen molar-refractivity contribution in [2.75, 3.05) is 7.11 Å². The summed E-state index contributed by atoms with van der Waals surface area (Å²) in [6, 6.07) is 19.5. The normalized spacial score (nSPS) is 11.2. The molecule has 0 aliphatic rings. The van der Waals surface area contributed by atoms with Gasteiger partial charge in [-0.05, 0) is 77.8 Å². The molecule has 0 radical (unpaired) electrons. The summed E-state index contributed by atoms with van der Waals surface area (Å²) < 4.78 is 12.2. The number of rotatable bonds is 7. The number of amides is 1. The zero-order chi connectivity index (χ0) is 30.8. The van der Waals surface area contributed by atoms with E-state index in [0.29, 0.717) is 41.6 Å². The minimum absolute atomic E-state index is 0.150. The standard InChI is InChI=1S/C32H23Br2Cl2N3O4/c1-16-10-17(2)28-23(11-16)27(21-6-4-5-7-25(21)36)29(38-28)31(40)39-37-15-18-12-19(33)13-24(34)30(18)43-32(41)22-14-20(35)8-9-26(22)42-3/h4-15,38H,1-3H3,(H,39,40). The van der Waals surface area contributed by atoms with E-state index in [2.05, 4.69) is 47.4 Å². The van der Waals surface area contributed by atoms with E-state index in [0.717, 1.165) is 27.6 Å². The molecule has 5 rings (SSSR count). The summed E-state index contributed by atoms with van der Waals surface area (Å²) in [6.07, 6.45) is 1.39. The minimum atomic E-state index is -0.686. The van der Waals surface area contributed by atoms with Gasteiger partial charge in [0.15, 0.2) is 5.75 Å². The molecule has 2 N–H and O–H groups in total. The van der Waals surface area contributed by atoms with E-state index in [9.17, 15) is 9.59 Å². The van der Waals surface area contributed by atoms with E-state index >= 15 is 0 Å². The lowest BCUT2D eigenvalue weighted by Crippen LogP contribution is -2.19. The van der Waals surface area contributed by atoms with Gasteiger partial charge in [-0.25, -0.2) is 10.2 Å². The molecule has 1 amide bonds. The van der Waals surface area contributed by atoms with Crippen molar-refractivity contribution in [1.82, 2.24) is 10.4 Å². The molecule has 4 aromatic carbocycles. The third kappa shape index (κ3) is 6.50. The molecule has 7 nitrogen and oxygen atoms in total. The number of fused-ring (bicyclic) bond motifs is 1. The quantitative estimate of drug-likeness (QED) is 0.0753. The fraction of sp³-hybridized carbons (Fsp3) is 0.0938. The summed E-state index contributed by atoms with van der Waals surface area (Å²) in [5.41, 5.74) is 7.74. The average Bonchev–Trinajstić information content (AvgIpc) is 3.34. The number of hydrogen-bond donors (Lipinski definition) is 2. The number of nitrogens with zero attached hydrogens (tertiary/aromatic N) is 1. The highest BCUT2D eigenvalue weighted by Gasteiger charge is 2.23. The first kappa shape index (κ1) is 30.8. The van der Waals surface area contributed by atoms with Crippen molar-refractivity contribution in [3.05, 3.63) is 114 Å². The molecule has 0 saturated heterocycles. The maximum atomic E-state index is 13.6. The molecule has 11 heteroatoms. The third-order valence-corrected chi connectivity index (χ3v) is 8.21. The van der Waals surface area contributed by atoms with Gasteiger partial charge in [-0.1, -0.05) is 69.0 Å². The highest BCUT2D eigenvalue weighted by atomic mass is 79.9. The Balaban J connectivity index is 1.48. The molecule has 1 aromatic heterocycles. The molecule has 218 valence electrons. The van der Waals surface area contributed by atoms with Gasteiger partial charge in [0.05, 0.1) is 17.8 Å². The molecular weight excluding hydrogens is 721 g/mol. The summed E-state index contributed by atoms with van der Waals surface area (Å²) in [7, 11) is 1.45. The second kappa shape index (κ2) is 12.9. The van der Waals surface area contributed by atoms with Gasteiger partial charge in [-0.15, -0.1) is 0 Å². The van der Waals surface area contributed by atoms with Crippen LogP contribution in [-0.4, -0.2) is 30.2 Å². The van der Waals surface area contributed by atoms with Crippen molar-refractivity contribution in [3.63, 3.8) is 0 Å². The predicted octanol–water partition coefficient (Wildman–Crippen LogP) is 9.28. The number of nitrogens with one attached hydrogen (secondary N) is 2. The monoisotopic (exact) mass is 741 g/mol. The number of carbonyl (C=O) groups excluding carboxylic acids is 2. The Morgan fingerprint density at radius 2 is 1.77 bits per heavy atom. The van der Waals surface area contributed by atoms with Crippen molar-refractivity contribution < 1.29 is 19.1 Å². The molecule has 0 fully saturated rings. The Kier molecular flexibility index (Phi) is 9.27. The molecule has 0 spiro atoms. The number of ether oxygens (including phenoxy) is 2. The molecular formula is C32H23Br2Cl2N3O4. The molecule has 0 unspecified atom stereocenters. The maximum Gasteiger partial charge on any atom is 0.347 e. The van der Waals surface area contributed by atoms with Crippen LogP contribution in [0.15, 0.2) is 80.8 Å². The topological polar surface area (TPSA) is 92.8 Å². The Morgan fingerprint density at radius 3 is 2.51 bits per heavy atom. The second-order valence-electron chi connectivity index (χ2n) is 9.60. The van der Waals surface area contributed by atoms with Crippen molar-refractivity contribution in [2.45, 2.75) is 13.8 Å².